The van der Waals surface area contributed by atoms with Gasteiger partial charge < -0.3 is 4.42 Å². The summed E-state index contributed by atoms with van der Waals surface area (Å²) < 4.78 is 4.96. The first kappa shape index (κ1) is 10.3. The van der Waals surface area contributed by atoms with Crippen LogP contribution in [0.15, 0.2) is 27.4 Å². The van der Waals surface area contributed by atoms with Gasteiger partial charge in [-0.05, 0) is 12.5 Å². The third-order valence-corrected chi connectivity index (χ3v) is 2.44. The first-order chi connectivity index (χ1) is 7.67. The molecule has 0 atom stereocenters. The van der Waals surface area contributed by atoms with Crippen molar-refractivity contribution in [3.05, 3.63) is 45.3 Å². The van der Waals surface area contributed by atoms with Crippen LogP contribution < -0.4 is 5.63 Å². The summed E-state index contributed by atoms with van der Waals surface area (Å²) in [6, 6.07) is 4.54. The van der Waals surface area contributed by atoms with E-state index in [4.69, 9.17) is 4.42 Å². The Bertz CT molecular complexity index is 637. The highest BCUT2D eigenvalue weighted by Crippen LogP contribution is 2.21. The molecule has 0 unspecified atom stereocenters. The Labute approximate surface area is 90.5 Å². The van der Waals surface area contributed by atoms with E-state index in [1.54, 1.807) is 13.0 Å². The van der Waals surface area contributed by atoms with Gasteiger partial charge in [-0.1, -0.05) is 12.1 Å². The molecule has 0 N–H and O–H groups in total. The topological polar surface area (TPSA) is 64.3 Å². The molecule has 0 saturated heterocycles. The summed E-state index contributed by atoms with van der Waals surface area (Å²) in [4.78, 5) is 32.8. The normalized spacial score (nSPS) is 10.3. The molecule has 80 valence electrons. The molecule has 0 spiro atoms. The van der Waals surface area contributed by atoms with E-state index in [2.05, 4.69) is 0 Å². The molecule has 1 heterocycles. The predicted molar refractivity (Wildman–Crippen MR) is 58.0 cm³/mol. The molecule has 0 aliphatic rings. The molecule has 1 aromatic carbocycles. The number of aldehydes is 2. The zero-order chi connectivity index (χ0) is 11.7. The molecule has 16 heavy (non-hydrogen) atoms. The van der Waals surface area contributed by atoms with Crippen LogP contribution in [0.3, 0.4) is 0 Å². The van der Waals surface area contributed by atoms with E-state index in [9.17, 15) is 14.4 Å². The van der Waals surface area contributed by atoms with Gasteiger partial charge in [-0.25, -0.2) is 4.79 Å². The maximum atomic E-state index is 11.2. The predicted octanol–water partition coefficient (Wildman–Crippen LogP) is 1.73. The second kappa shape index (κ2) is 3.73. The Morgan fingerprint density at radius 2 is 1.94 bits per heavy atom. The van der Waals surface area contributed by atoms with Crippen molar-refractivity contribution >= 4 is 23.5 Å². The summed E-state index contributed by atoms with van der Waals surface area (Å²) in [7, 11) is 0. The molecule has 1 aromatic heterocycles. The standard InChI is InChI=1S/C12H8O4/c1-7-4-11(15)16-12-9(7)3-2-8(5-13)10(12)6-14/h2-6H,1H3. The van der Waals surface area contributed by atoms with Crippen molar-refractivity contribution in [2.75, 3.05) is 0 Å². The first-order valence-electron chi connectivity index (χ1n) is 4.65. The van der Waals surface area contributed by atoms with Crippen LogP contribution in [0.2, 0.25) is 0 Å². The molecule has 4 nitrogen and oxygen atoms in total. The second-order valence-electron chi connectivity index (χ2n) is 3.43. The Morgan fingerprint density at radius 1 is 1.19 bits per heavy atom. The minimum absolute atomic E-state index is 0.119. The first-order valence-corrected chi connectivity index (χ1v) is 4.65. The smallest absolute Gasteiger partial charge is 0.336 e. The average Bonchev–Trinajstić information content (AvgIpc) is 2.27. The van der Waals surface area contributed by atoms with Crippen molar-refractivity contribution in [1.82, 2.24) is 0 Å². The summed E-state index contributed by atoms with van der Waals surface area (Å²) in [5.74, 6) is 0. The van der Waals surface area contributed by atoms with Crippen LogP contribution in [0.1, 0.15) is 26.3 Å². The van der Waals surface area contributed by atoms with E-state index >= 15 is 0 Å². The van der Waals surface area contributed by atoms with Gasteiger partial charge in [-0.3, -0.25) is 9.59 Å². The van der Waals surface area contributed by atoms with Crippen LogP contribution in [-0.4, -0.2) is 12.6 Å². The number of hydrogen-bond donors (Lipinski definition) is 0. The Morgan fingerprint density at radius 3 is 2.56 bits per heavy atom. The fourth-order valence-corrected chi connectivity index (χ4v) is 1.64. The molecule has 0 radical (unpaired) electrons. The van der Waals surface area contributed by atoms with Gasteiger partial charge in [0.15, 0.2) is 12.6 Å². The van der Waals surface area contributed by atoms with E-state index in [1.807, 2.05) is 0 Å². The third-order valence-electron chi connectivity index (χ3n) is 2.44. The fraction of sp³-hybridized carbons (Fsp3) is 0.0833. The van der Waals surface area contributed by atoms with E-state index in [0.717, 1.165) is 0 Å². The average molecular weight is 216 g/mol. The molecule has 0 saturated carbocycles. The summed E-state index contributed by atoms with van der Waals surface area (Å²) in [5, 5.41) is 0.660. The maximum Gasteiger partial charge on any atom is 0.336 e. The number of benzene rings is 1. The Balaban J connectivity index is 3.02. The Kier molecular flexibility index (Phi) is 2.40. The van der Waals surface area contributed by atoms with E-state index in [-0.39, 0.29) is 16.7 Å². The maximum absolute atomic E-state index is 11.2. The molecule has 0 bridgehead atoms. The van der Waals surface area contributed by atoms with Crippen molar-refractivity contribution < 1.29 is 14.0 Å². The Hall–Kier alpha value is -2.23. The van der Waals surface area contributed by atoms with Crippen LogP contribution >= 0.6 is 0 Å². The SMILES string of the molecule is Cc1cc(=O)oc2c(C=O)c(C=O)ccc12. The van der Waals surface area contributed by atoms with Crippen molar-refractivity contribution in [1.29, 1.82) is 0 Å². The largest absolute Gasteiger partial charge is 0.422 e. The lowest BCUT2D eigenvalue weighted by atomic mass is 10.0. The minimum Gasteiger partial charge on any atom is -0.422 e. The second-order valence-corrected chi connectivity index (χ2v) is 3.43. The number of fused-ring (bicyclic) bond motifs is 1. The molecule has 4 heteroatoms. The van der Waals surface area contributed by atoms with Gasteiger partial charge in [0, 0.05) is 17.0 Å². The van der Waals surface area contributed by atoms with Gasteiger partial charge in [-0.15, -0.1) is 0 Å². The summed E-state index contributed by atoms with van der Waals surface area (Å²) in [6.45, 7) is 1.74. The summed E-state index contributed by atoms with van der Waals surface area (Å²) >= 11 is 0. The molecule has 2 aromatic rings. The monoisotopic (exact) mass is 216 g/mol. The fourth-order valence-electron chi connectivity index (χ4n) is 1.64. The highest BCUT2D eigenvalue weighted by atomic mass is 16.4. The van der Waals surface area contributed by atoms with E-state index in [0.29, 0.717) is 23.5 Å². The minimum atomic E-state index is -0.531. The van der Waals surface area contributed by atoms with Crippen LogP contribution in [0.4, 0.5) is 0 Å². The summed E-state index contributed by atoms with van der Waals surface area (Å²) in [5.41, 5.74) is 0.692. The van der Waals surface area contributed by atoms with Gasteiger partial charge in [-0.2, -0.15) is 0 Å². The number of carbonyl (C=O) groups is 2. The zero-order valence-electron chi connectivity index (χ0n) is 8.52. The van der Waals surface area contributed by atoms with Crippen molar-refractivity contribution in [2.24, 2.45) is 0 Å². The number of aryl methyl sites for hydroxylation is 1. The number of rotatable bonds is 2. The summed E-state index contributed by atoms with van der Waals surface area (Å²) in [6.07, 6.45) is 1.08. The highest BCUT2D eigenvalue weighted by molar-refractivity contribution is 6.02. The lowest BCUT2D eigenvalue weighted by Crippen LogP contribution is -2.01. The van der Waals surface area contributed by atoms with Crippen molar-refractivity contribution in [3.63, 3.8) is 0 Å². The van der Waals surface area contributed by atoms with Gasteiger partial charge in [0.25, 0.3) is 0 Å². The van der Waals surface area contributed by atoms with E-state index in [1.165, 1.54) is 12.1 Å². The van der Waals surface area contributed by atoms with Gasteiger partial charge in [0.2, 0.25) is 0 Å². The lowest BCUT2D eigenvalue weighted by Gasteiger charge is -2.03. The molecule has 2 rings (SSSR count). The molecular weight excluding hydrogens is 208 g/mol. The molecule has 0 amide bonds. The molecule has 0 fully saturated rings. The van der Waals surface area contributed by atoms with Crippen LogP contribution in [-0.2, 0) is 0 Å². The number of carbonyl (C=O) groups excluding carboxylic acids is 2. The highest BCUT2D eigenvalue weighted by Gasteiger charge is 2.11. The number of hydrogen-bond acceptors (Lipinski definition) is 4. The lowest BCUT2D eigenvalue weighted by molar-refractivity contribution is 0.109. The zero-order valence-corrected chi connectivity index (χ0v) is 8.52. The van der Waals surface area contributed by atoms with Crippen LogP contribution in [0.25, 0.3) is 11.0 Å². The van der Waals surface area contributed by atoms with Crippen molar-refractivity contribution in [2.45, 2.75) is 6.92 Å². The van der Waals surface area contributed by atoms with E-state index < -0.39 is 5.63 Å². The van der Waals surface area contributed by atoms with Crippen LogP contribution in [0.5, 0.6) is 0 Å². The molecule has 0 aliphatic heterocycles. The van der Waals surface area contributed by atoms with Gasteiger partial charge >= 0.3 is 5.63 Å². The molecule has 0 aliphatic carbocycles. The molecular formula is C12H8O4. The quantitative estimate of drug-likeness (QED) is 0.566. The van der Waals surface area contributed by atoms with Crippen LogP contribution in [0, 0.1) is 6.92 Å². The van der Waals surface area contributed by atoms with Gasteiger partial charge in [0.1, 0.15) is 5.58 Å². The third kappa shape index (κ3) is 1.44. The van der Waals surface area contributed by atoms with Gasteiger partial charge in [0.05, 0.1) is 5.56 Å². The van der Waals surface area contributed by atoms with Crippen molar-refractivity contribution in [3.8, 4) is 0 Å².